The van der Waals surface area contributed by atoms with Crippen LogP contribution in [0.1, 0.15) is 71.6 Å². The van der Waals surface area contributed by atoms with Crippen LogP contribution < -0.4 is 5.73 Å². The summed E-state index contributed by atoms with van der Waals surface area (Å²) in [5.74, 6) is -0.441. The van der Waals surface area contributed by atoms with E-state index in [0.29, 0.717) is 12.9 Å². The highest BCUT2D eigenvalue weighted by Crippen LogP contribution is 2.20. The van der Waals surface area contributed by atoms with Gasteiger partial charge in [-0.3, -0.25) is 9.59 Å². The van der Waals surface area contributed by atoms with Crippen LogP contribution in [0, 0.1) is 5.92 Å². The van der Waals surface area contributed by atoms with Crippen molar-refractivity contribution in [1.29, 1.82) is 0 Å². The highest BCUT2D eigenvalue weighted by molar-refractivity contribution is 5.76. The van der Waals surface area contributed by atoms with Crippen molar-refractivity contribution in [2.75, 3.05) is 0 Å². The van der Waals surface area contributed by atoms with Crippen LogP contribution in [0.5, 0.6) is 0 Å². The number of hydrogen-bond donors (Lipinski definition) is 1. The fourth-order valence-electron chi connectivity index (χ4n) is 2.28. The minimum Gasteiger partial charge on any atom is -0.465 e. The largest absolute Gasteiger partial charge is 0.465 e. The van der Waals surface area contributed by atoms with E-state index in [1.165, 1.54) is 0 Å². The summed E-state index contributed by atoms with van der Waals surface area (Å²) in [4.78, 5) is 22.0. The summed E-state index contributed by atoms with van der Waals surface area (Å²) in [6, 6.07) is 0. The third-order valence-corrected chi connectivity index (χ3v) is 3.48. The summed E-state index contributed by atoms with van der Waals surface area (Å²) in [6.07, 6.45) is 8.54. The first-order valence-corrected chi connectivity index (χ1v) is 7.54. The average molecular weight is 271 g/mol. The standard InChI is InChI=1S/C15H29NO3/c1-3-5-7-9-13(15(16)18)11-14(19-12-17)10-8-6-4-2/h12-14H,3-11H2,1-2H3,(H2,16,18)/t13-,14?/m0/s1. The Morgan fingerprint density at radius 3 is 2.16 bits per heavy atom. The highest BCUT2D eigenvalue weighted by Gasteiger charge is 2.21. The van der Waals surface area contributed by atoms with Crippen molar-refractivity contribution in [3.8, 4) is 0 Å². The van der Waals surface area contributed by atoms with Gasteiger partial charge in [0.15, 0.2) is 0 Å². The zero-order chi connectivity index (χ0) is 14.5. The zero-order valence-electron chi connectivity index (χ0n) is 12.4. The SMILES string of the molecule is CCCCCC(C[C@H](CCCCC)C(N)=O)OC=O. The predicted molar refractivity (Wildman–Crippen MR) is 76.5 cm³/mol. The fourth-order valence-corrected chi connectivity index (χ4v) is 2.28. The first-order chi connectivity index (χ1) is 9.15. The van der Waals surface area contributed by atoms with Gasteiger partial charge in [0.2, 0.25) is 5.91 Å². The molecule has 0 heterocycles. The summed E-state index contributed by atoms with van der Waals surface area (Å²) in [5.41, 5.74) is 5.44. The van der Waals surface area contributed by atoms with E-state index in [2.05, 4.69) is 13.8 Å². The molecular weight excluding hydrogens is 242 g/mol. The highest BCUT2D eigenvalue weighted by atomic mass is 16.5. The van der Waals surface area contributed by atoms with Crippen LogP contribution >= 0.6 is 0 Å². The van der Waals surface area contributed by atoms with Crippen molar-refractivity contribution in [2.24, 2.45) is 11.7 Å². The predicted octanol–water partition coefficient (Wildman–Crippen LogP) is 3.18. The van der Waals surface area contributed by atoms with Gasteiger partial charge in [-0.25, -0.2) is 0 Å². The number of rotatable bonds is 13. The lowest BCUT2D eigenvalue weighted by atomic mass is 9.92. The van der Waals surface area contributed by atoms with E-state index in [4.69, 9.17) is 10.5 Å². The first kappa shape index (κ1) is 17.9. The van der Waals surface area contributed by atoms with Crippen LogP contribution in [-0.2, 0) is 14.3 Å². The normalized spacial score (nSPS) is 13.8. The van der Waals surface area contributed by atoms with Gasteiger partial charge in [-0.05, 0) is 25.7 Å². The molecule has 0 aromatic carbocycles. The Labute approximate surface area is 117 Å². The van der Waals surface area contributed by atoms with Gasteiger partial charge in [0.05, 0.1) is 0 Å². The van der Waals surface area contributed by atoms with Crippen molar-refractivity contribution in [1.82, 2.24) is 0 Å². The lowest BCUT2D eigenvalue weighted by Gasteiger charge is -2.20. The average Bonchev–Trinajstić information content (AvgIpc) is 2.37. The molecular formula is C15H29NO3. The Hall–Kier alpha value is -1.06. The van der Waals surface area contributed by atoms with Crippen LogP contribution in [0.15, 0.2) is 0 Å². The first-order valence-electron chi connectivity index (χ1n) is 7.54. The molecule has 0 bridgehead atoms. The number of carbonyl (C=O) groups excluding carboxylic acids is 2. The molecule has 0 saturated heterocycles. The Morgan fingerprint density at radius 1 is 1.11 bits per heavy atom. The van der Waals surface area contributed by atoms with Gasteiger partial charge in [-0.15, -0.1) is 0 Å². The molecule has 0 aromatic heterocycles. The van der Waals surface area contributed by atoms with E-state index in [9.17, 15) is 9.59 Å². The molecule has 0 saturated carbocycles. The van der Waals surface area contributed by atoms with E-state index >= 15 is 0 Å². The summed E-state index contributed by atoms with van der Waals surface area (Å²) in [7, 11) is 0. The van der Waals surface area contributed by atoms with E-state index in [0.717, 1.165) is 51.4 Å². The molecule has 0 fully saturated rings. The molecule has 0 radical (unpaired) electrons. The maximum atomic E-state index is 11.4. The third kappa shape index (κ3) is 9.51. The van der Waals surface area contributed by atoms with Crippen LogP contribution in [-0.4, -0.2) is 18.5 Å². The molecule has 2 atom stereocenters. The Bertz CT molecular complexity index is 244. The number of unbranched alkanes of at least 4 members (excludes halogenated alkanes) is 4. The fraction of sp³-hybridized carbons (Fsp3) is 0.867. The maximum Gasteiger partial charge on any atom is 0.293 e. The molecule has 0 aliphatic heterocycles. The molecule has 1 amide bonds. The van der Waals surface area contributed by atoms with Gasteiger partial charge >= 0.3 is 0 Å². The molecule has 0 aliphatic carbocycles. The van der Waals surface area contributed by atoms with E-state index in [1.54, 1.807) is 0 Å². The smallest absolute Gasteiger partial charge is 0.293 e. The molecule has 4 heteroatoms. The lowest BCUT2D eigenvalue weighted by molar-refractivity contribution is -0.136. The van der Waals surface area contributed by atoms with Crippen molar-refractivity contribution in [3.05, 3.63) is 0 Å². The lowest BCUT2D eigenvalue weighted by Crippen LogP contribution is -2.28. The molecule has 1 unspecified atom stereocenters. The summed E-state index contributed by atoms with van der Waals surface area (Å²) in [6.45, 7) is 4.75. The Balaban J connectivity index is 4.21. The Kier molecular flexibility index (Phi) is 11.3. The topological polar surface area (TPSA) is 69.4 Å². The molecule has 19 heavy (non-hydrogen) atoms. The van der Waals surface area contributed by atoms with Gasteiger partial charge in [-0.1, -0.05) is 46.0 Å². The molecule has 2 N–H and O–H groups in total. The molecule has 112 valence electrons. The number of hydrogen-bond acceptors (Lipinski definition) is 3. The van der Waals surface area contributed by atoms with Crippen LogP contribution in [0.3, 0.4) is 0 Å². The van der Waals surface area contributed by atoms with Crippen LogP contribution in [0.25, 0.3) is 0 Å². The van der Waals surface area contributed by atoms with Gasteiger partial charge in [0.25, 0.3) is 6.47 Å². The summed E-state index contributed by atoms with van der Waals surface area (Å²) >= 11 is 0. The molecule has 4 nitrogen and oxygen atoms in total. The van der Waals surface area contributed by atoms with Crippen molar-refractivity contribution < 1.29 is 14.3 Å². The minimum atomic E-state index is -0.272. The molecule has 0 spiro atoms. The maximum absolute atomic E-state index is 11.4. The number of ether oxygens (including phenoxy) is 1. The monoisotopic (exact) mass is 271 g/mol. The Morgan fingerprint density at radius 2 is 1.68 bits per heavy atom. The van der Waals surface area contributed by atoms with Gasteiger partial charge in [0.1, 0.15) is 6.10 Å². The van der Waals surface area contributed by atoms with Gasteiger partial charge in [-0.2, -0.15) is 0 Å². The van der Waals surface area contributed by atoms with Crippen molar-refractivity contribution in [3.63, 3.8) is 0 Å². The molecule has 0 aromatic rings. The molecule has 0 rings (SSSR count). The molecule has 0 aliphatic rings. The second kappa shape index (κ2) is 12.0. The minimum absolute atomic E-state index is 0.164. The van der Waals surface area contributed by atoms with E-state index < -0.39 is 0 Å². The van der Waals surface area contributed by atoms with Gasteiger partial charge < -0.3 is 10.5 Å². The second-order valence-corrected chi connectivity index (χ2v) is 5.18. The number of primary amides is 1. The van der Waals surface area contributed by atoms with Crippen molar-refractivity contribution in [2.45, 2.75) is 77.7 Å². The number of nitrogens with two attached hydrogens (primary N) is 1. The number of carbonyl (C=O) groups is 2. The van der Waals surface area contributed by atoms with Gasteiger partial charge in [0, 0.05) is 5.92 Å². The zero-order valence-corrected chi connectivity index (χ0v) is 12.4. The summed E-state index contributed by atoms with van der Waals surface area (Å²) < 4.78 is 5.09. The van der Waals surface area contributed by atoms with E-state index in [-0.39, 0.29) is 17.9 Å². The van der Waals surface area contributed by atoms with Crippen molar-refractivity contribution >= 4 is 12.4 Å². The quantitative estimate of drug-likeness (QED) is 0.413. The summed E-state index contributed by atoms with van der Waals surface area (Å²) in [5, 5.41) is 0. The van der Waals surface area contributed by atoms with Crippen LogP contribution in [0.4, 0.5) is 0 Å². The number of amides is 1. The van der Waals surface area contributed by atoms with E-state index in [1.807, 2.05) is 0 Å². The second-order valence-electron chi connectivity index (χ2n) is 5.18. The van der Waals surface area contributed by atoms with Crippen LogP contribution in [0.2, 0.25) is 0 Å². The third-order valence-electron chi connectivity index (χ3n) is 3.48.